The van der Waals surface area contributed by atoms with Gasteiger partial charge >= 0.3 is 5.97 Å². The SMILES string of the molecule is CCOC(=O)COc1ccc(C(S)=C(S)CCO)cc1. The zero-order valence-electron chi connectivity index (χ0n) is 11.2. The van der Waals surface area contributed by atoms with Crippen LogP contribution in [0.15, 0.2) is 29.2 Å². The molecular formula is C14H18O4S2. The maximum atomic E-state index is 11.2. The van der Waals surface area contributed by atoms with Crippen molar-refractivity contribution >= 4 is 36.1 Å². The van der Waals surface area contributed by atoms with Crippen LogP contribution in [-0.2, 0) is 9.53 Å². The second-order valence-corrected chi connectivity index (χ2v) is 4.87. The van der Waals surface area contributed by atoms with Crippen LogP contribution in [0.2, 0.25) is 0 Å². The first-order valence-corrected chi connectivity index (χ1v) is 7.08. The van der Waals surface area contributed by atoms with Gasteiger partial charge in [0.05, 0.1) is 6.61 Å². The van der Waals surface area contributed by atoms with E-state index in [0.29, 0.717) is 23.7 Å². The summed E-state index contributed by atoms with van der Waals surface area (Å²) in [5, 5.41) is 8.86. The van der Waals surface area contributed by atoms with Crippen molar-refractivity contribution in [2.75, 3.05) is 19.8 Å². The average Bonchev–Trinajstić information content (AvgIpc) is 2.45. The Morgan fingerprint density at radius 3 is 2.45 bits per heavy atom. The molecule has 4 nitrogen and oxygen atoms in total. The lowest BCUT2D eigenvalue weighted by Crippen LogP contribution is -2.14. The molecule has 20 heavy (non-hydrogen) atoms. The molecule has 1 N–H and O–H groups in total. The van der Waals surface area contributed by atoms with E-state index in [4.69, 9.17) is 14.6 Å². The molecule has 1 rings (SSSR count). The summed E-state index contributed by atoms with van der Waals surface area (Å²) in [5.41, 5.74) is 0.871. The summed E-state index contributed by atoms with van der Waals surface area (Å²) in [7, 11) is 0. The molecule has 6 heteroatoms. The van der Waals surface area contributed by atoms with Crippen LogP contribution in [-0.4, -0.2) is 30.9 Å². The van der Waals surface area contributed by atoms with Crippen LogP contribution in [0.5, 0.6) is 5.75 Å². The maximum Gasteiger partial charge on any atom is 0.344 e. The van der Waals surface area contributed by atoms with E-state index in [9.17, 15) is 4.79 Å². The fourth-order valence-corrected chi connectivity index (χ4v) is 1.93. The predicted molar refractivity (Wildman–Crippen MR) is 85.2 cm³/mol. The molecule has 0 fully saturated rings. The normalized spacial score (nSPS) is 11.8. The van der Waals surface area contributed by atoms with Crippen molar-refractivity contribution in [2.45, 2.75) is 13.3 Å². The largest absolute Gasteiger partial charge is 0.482 e. The van der Waals surface area contributed by atoms with Crippen molar-refractivity contribution in [2.24, 2.45) is 0 Å². The van der Waals surface area contributed by atoms with Gasteiger partial charge in [0, 0.05) is 17.9 Å². The second kappa shape index (κ2) is 8.94. The zero-order valence-corrected chi connectivity index (χ0v) is 13.0. The van der Waals surface area contributed by atoms with Gasteiger partial charge in [0.15, 0.2) is 6.61 Å². The molecule has 0 aromatic heterocycles. The van der Waals surface area contributed by atoms with Crippen LogP contribution in [0.1, 0.15) is 18.9 Å². The molecule has 0 heterocycles. The van der Waals surface area contributed by atoms with Crippen LogP contribution in [0.4, 0.5) is 0 Å². The van der Waals surface area contributed by atoms with Gasteiger partial charge in [0.1, 0.15) is 5.75 Å². The summed E-state index contributed by atoms with van der Waals surface area (Å²) in [5.74, 6) is 0.178. The van der Waals surface area contributed by atoms with Crippen molar-refractivity contribution in [1.82, 2.24) is 0 Å². The first-order chi connectivity index (χ1) is 9.58. The summed E-state index contributed by atoms with van der Waals surface area (Å²) < 4.78 is 10.1. The van der Waals surface area contributed by atoms with Crippen molar-refractivity contribution < 1.29 is 19.4 Å². The van der Waals surface area contributed by atoms with Gasteiger partial charge in [-0.25, -0.2) is 4.79 Å². The highest BCUT2D eigenvalue weighted by Gasteiger charge is 2.05. The van der Waals surface area contributed by atoms with Gasteiger partial charge in [-0.2, -0.15) is 0 Å². The standard InChI is InChI=1S/C14H18O4S2/c1-2-17-13(16)9-18-11-5-3-10(4-6-11)14(20)12(19)7-8-15/h3-6,15,19-20H,2,7-9H2,1H3. The third kappa shape index (κ3) is 5.48. The van der Waals surface area contributed by atoms with Gasteiger partial charge < -0.3 is 14.6 Å². The van der Waals surface area contributed by atoms with Crippen LogP contribution in [0.3, 0.4) is 0 Å². The predicted octanol–water partition coefficient (Wildman–Crippen LogP) is 2.54. The van der Waals surface area contributed by atoms with E-state index >= 15 is 0 Å². The Morgan fingerprint density at radius 2 is 1.90 bits per heavy atom. The molecule has 0 bridgehead atoms. The van der Waals surface area contributed by atoms with E-state index < -0.39 is 5.97 Å². The first kappa shape index (κ1) is 16.9. The number of ether oxygens (including phenoxy) is 2. The fraction of sp³-hybridized carbons (Fsp3) is 0.357. The number of carbonyl (C=O) groups excluding carboxylic acids is 1. The molecule has 0 amide bonds. The van der Waals surface area contributed by atoms with E-state index in [1.807, 2.05) is 12.1 Å². The molecule has 0 saturated carbocycles. The van der Waals surface area contributed by atoms with Crippen LogP contribution < -0.4 is 4.74 Å². The lowest BCUT2D eigenvalue weighted by molar-refractivity contribution is -0.145. The molecule has 0 aliphatic rings. The number of thiol groups is 2. The fourth-order valence-electron chi connectivity index (χ4n) is 1.44. The number of hydrogen-bond acceptors (Lipinski definition) is 6. The summed E-state index contributed by atoms with van der Waals surface area (Å²) in [6, 6.07) is 7.11. The molecule has 0 radical (unpaired) electrons. The first-order valence-electron chi connectivity index (χ1n) is 6.19. The molecular weight excluding hydrogens is 296 g/mol. The van der Waals surface area contributed by atoms with E-state index in [1.54, 1.807) is 19.1 Å². The minimum absolute atomic E-state index is 0.0314. The van der Waals surface area contributed by atoms with Gasteiger partial charge in [-0.3, -0.25) is 0 Å². The van der Waals surface area contributed by atoms with Crippen LogP contribution >= 0.6 is 25.3 Å². The van der Waals surface area contributed by atoms with E-state index in [-0.39, 0.29) is 13.2 Å². The Bertz CT molecular complexity index is 469. The number of esters is 1. The van der Waals surface area contributed by atoms with Crippen molar-refractivity contribution in [1.29, 1.82) is 0 Å². The maximum absolute atomic E-state index is 11.2. The third-order valence-corrected chi connectivity index (χ3v) is 3.56. The summed E-state index contributed by atoms with van der Waals surface area (Å²) in [4.78, 5) is 12.6. The monoisotopic (exact) mass is 314 g/mol. The van der Waals surface area contributed by atoms with Crippen LogP contribution in [0, 0.1) is 0 Å². The minimum atomic E-state index is -0.396. The Balaban J connectivity index is 2.65. The average molecular weight is 314 g/mol. The van der Waals surface area contributed by atoms with Gasteiger partial charge in [0.2, 0.25) is 0 Å². The second-order valence-electron chi connectivity index (χ2n) is 3.89. The summed E-state index contributed by atoms with van der Waals surface area (Å²) in [6.45, 7) is 2.00. The molecule has 110 valence electrons. The minimum Gasteiger partial charge on any atom is -0.482 e. The number of carbonyl (C=O) groups is 1. The molecule has 0 unspecified atom stereocenters. The Labute approximate surface area is 129 Å². The molecule has 0 atom stereocenters. The highest BCUT2D eigenvalue weighted by molar-refractivity contribution is 7.93. The van der Waals surface area contributed by atoms with Crippen LogP contribution in [0.25, 0.3) is 4.91 Å². The quantitative estimate of drug-likeness (QED) is 0.535. The summed E-state index contributed by atoms with van der Waals surface area (Å²) >= 11 is 8.66. The van der Waals surface area contributed by atoms with Crippen molar-refractivity contribution in [3.05, 3.63) is 34.7 Å². The van der Waals surface area contributed by atoms with E-state index in [0.717, 1.165) is 10.5 Å². The Morgan fingerprint density at radius 1 is 1.25 bits per heavy atom. The molecule has 0 aliphatic heterocycles. The van der Waals surface area contributed by atoms with E-state index in [2.05, 4.69) is 25.3 Å². The topological polar surface area (TPSA) is 55.8 Å². The van der Waals surface area contributed by atoms with Crippen molar-refractivity contribution in [3.63, 3.8) is 0 Å². The number of rotatable bonds is 7. The highest BCUT2D eigenvalue weighted by atomic mass is 32.1. The molecule has 0 spiro atoms. The smallest absolute Gasteiger partial charge is 0.344 e. The number of benzene rings is 1. The molecule has 0 aliphatic carbocycles. The summed E-state index contributed by atoms with van der Waals surface area (Å²) in [6.07, 6.45) is 0.461. The number of aliphatic hydroxyl groups is 1. The van der Waals surface area contributed by atoms with Gasteiger partial charge in [-0.05, 0) is 29.5 Å². The number of aliphatic hydroxyl groups excluding tert-OH is 1. The highest BCUT2D eigenvalue weighted by Crippen LogP contribution is 2.27. The zero-order chi connectivity index (χ0) is 15.0. The lowest BCUT2D eigenvalue weighted by Gasteiger charge is -2.08. The number of hydrogen-bond donors (Lipinski definition) is 3. The molecule has 1 aromatic carbocycles. The molecule has 0 saturated heterocycles. The van der Waals surface area contributed by atoms with E-state index in [1.165, 1.54) is 0 Å². The van der Waals surface area contributed by atoms with Gasteiger partial charge in [-0.15, -0.1) is 25.3 Å². The van der Waals surface area contributed by atoms with Gasteiger partial charge in [0.25, 0.3) is 0 Å². The van der Waals surface area contributed by atoms with Crippen molar-refractivity contribution in [3.8, 4) is 5.75 Å². The van der Waals surface area contributed by atoms with Gasteiger partial charge in [-0.1, -0.05) is 12.1 Å². The third-order valence-electron chi connectivity index (χ3n) is 2.41. The molecule has 1 aromatic rings. The Hall–Kier alpha value is -1.11. The lowest BCUT2D eigenvalue weighted by atomic mass is 10.2. The Kier molecular flexibility index (Phi) is 7.58.